The fourth-order valence-corrected chi connectivity index (χ4v) is 5.66. The molecule has 174 valence electrons. The molecule has 0 spiro atoms. The third kappa shape index (κ3) is 4.23. The number of aromatic nitrogens is 3. The summed E-state index contributed by atoms with van der Waals surface area (Å²) in [5.74, 6) is -0.439. The van der Waals surface area contributed by atoms with Gasteiger partial charge in [-0.3, -0.25) is 14.3 Å². The van der Waals surface area contributed by atoms with Gasteiger partial charge in [0.2, 0.25) is 5.95 Å². The number of carbonyl (C=O) groups is 1. The maximum Gasteiger partial charge on any atom is 0.253 e. The predicted octanol–water partition coefficient (Wildman–Crippen LogP) is 3.68. The molecular weight excluding hydrogens is 443 g/mol. The molecule has 3 heterocycles. The number of hydrogen-bond donors (Lipinski definition) is 2. The molecule has 1 aliphatic heterocycles. The molecule has 1 saturated heterocycles. The van der Waals surface area contributed by atoms with E-state index in [9.17, 15) is 9.18 Å². The number of nitrogens with zero attached hydrogens (tertiary/aromatic N) is 4. The highest BCUT2D eigenvalue weighted by Gasteiger charge is 2.41. The van der Waals surface area contributed by atoms with Gasteiger partial charge in [-0.25, -0.2) is 14.4 Å². The second-order valence-corrected chi connectivity index (χ2v) is 9.62. The van der Waals surface area contributed by atoms with Gasteiger partial charge in [-0.2, -0.15) is 0 Å². The van der Waals surface area contributed by atoms with E-state index in [1.807, 2.05) is 6.07 Å². The number of halogens is 2. The van der Waals surface area contributed by atoms with Crippen LogP contribution < -0.4 is 11.1 Å². The molecule has 1 aliphatic carbocycles. The van der Waals surface area contributed by atoms with Crippen LogP contribution in [0.2, 0.25) is 5.02 Å². The molecule has 1 atom stereocenters. The average Bonchev–Trinajstić information content (AvgIpc) is 3.44. The average molecular weight is 471 g/mol. The summed E-state index contributed by atoms with van der Waals surface area (Å²) in [5, 5.41) is 4.30. The molecular formula is C24H28ClFN6O. The Labute approximate surface area is 197 Å². The molecule has 3 N–H and O–H groups in total. The molecule has 7 nitrogen and oxygen atoms in total. The maximum absolute atomic E-state index is 13.4. The van der Waals surface area contributed by atoms with Crippen molar-refractivity contribution in [1.29, 1.82) is 0 Å². The van der Waals surface area contributed by atoms with Crippen LogP contribution in [0.3, 0.4) is 0 Å². The van der Waals surface area contributed by atoms with E-state index in [0.717, 1.165) is 57.6 Å². The smallest absolute Gasteiger partial charge is 0.253 e. The van der Waals surface area contributed by atoms with Crippen molar-refractivity contribution < 1.29 is 9.18 Å². The monoisotopic (exact) mass is 470 g/mol. The van der Waals surface area contributed by atoms with Gasteiger partial charge in [0.1, 0.15) is 0 Å². The molecule has 2 fully saturated rings. The lowest BCUT2D eigenvalue weighted by Crippen LogP contribution is -2.56. The van der Waals surface area contributed by atoms with Crippen molar-refractivity contribution in [2.75, 3.05) is 19.6 Å². The first-order valence-electron chi connectivity index (χ1n) is 11.5. The summed E-state index contributed by atoms with van der Waals surface area (Å²) in [6.07, 6.45) is 10.6. The SMILES string of the molecule is N[C@@H]1CCN(C2(CNC(=O)c3cn(-c4ncc(F)cn4)c4cccc(Cl)c34)CCCCC2)C1. The highest BCUT2D eigenvalue weighted by Crippen LogP contribution is 2.36. The van der Waals surface area contributed by atoms with Crippen molar-refractivity contribution in [3.63, 3.8) is 0 Å². The number of benzene rings is 1. The first kappa shape index (κ1) is 22.3. The van der Waals surface area contributed by atoms with E-state index in [1.165, 1.54) is 6.42 Å². The van der Waals surface area contributed by atoms with Gasteiger partial charge in [-0.1, -0.05) is 36.9 Å². The first-order chi connectivity index (χ1) is 16.0. The molecule has 0 bridgehead atoms. The van der Waals surface area contributed by atoms with E-state index in [0.29, 0.717) is 28.0 Å². The lowest BCUT2D eigenvalue weighted by atomic mass is 9.80. The quantitative estimate of drug-likeness (QED) is 0.593. The number of nitrogens with one attached hydrogen (secondary N) is 1. The number of nitrogens with two attached hydrogens (primary N) is 1. The Morgan fingerprint density at radius 2 is 2.00 bits per heavy atom. The second kappa shape index (κ2) is 9.00. The standard InChI is InChI=1S/C24H28ClFN6O/c25-19-5-4-6-20-21(19)18(14-32(20)23-28-11-16(26)12-29-23)22(33)30-15-24(8-2-1-3-9-24)31-10-7-17(27)13-31/h4-6,11-12,14,17H,1-3,7-10,13,15,27H2,(H,30,33)/t17-/m1/s1. The summed E-state index contributed by atoms with van der Waals surface area (Å²) in [5.41, 5.74) is 7.29. The van der Waals surface area contributed by atoms with Crippen molar-refractivity contribution in [1.82, 2.24) is 24.8 Å². The largest absolute Gasteiger partial charge is 0.350 e. The summed E-state index contributed by atoms with van der Waals surface area (Å²) in [4.78, 5) is 24.1. The third-order valence-electron chi connectivity index (χ3n) is 7.10. The molecule has 3 aromatic rings. The molecule has 1 aromatic carbocycles. The zero-order valence-electron chi connectivity index (χ0n) is 18.4. The van der Waals surface area contributed by atoms with Gasteiger partial charge < -0.3 is 11.1 Å². The van der Waals surface area contributed by atoms with E-state index in [4.69, 9.17) is 17.3 Å². The lowest BCUT2D eigenvalue weighted by Gasteiger charge is -2.45. The van der Waals surface area contributed by atoms with E-state index in [-0.39, 0.29) is 23.4 Å². The molecule has 0 unspecified atom stereocenters. The van der Waals surface area contributed by atoms with Crippen molar-refractivity contribution >= 4 is 28.4 Å². The molecule has 2 aromatic heterocycles. The van der Waals surface area contributed by atoms with Crippen molar-refractivity contribution in [2.24, 2.45) is 5.73 Å². The summed E-state index contributed by atoms with van der Waals surface area (Å²) >= 11 is 6.51. The van der Waals surface area contributed by atoms with Crippen LogP contribution in [-0.4, -0.2) is 56.6 Å². The van der Waals surface area contributed by atoms with Crippen LogP contribution in [0.1, 0.15) is 48.9 Å². The van der Waals surface area contributed by atoms with Gasteiger partial charge in [0, 0.05) is 42.8 Å². The Morgan fingerprint density at radius 3 is 2.70 bits per heavy atom. The van der Waals surface area contributed by atoms with Crippen molar-refractivity contribution in [2.45, 2.75) is 50.1 Å². The predicted molar refractivity (Wildman–Crippen MR) is 126 cm³/mol. The summed E-state index contributed by atoms with van der Waals surface area (Å²) < 4.78 is 15.0. The number of amides is 1. The number of likely N-dealkylation sites (tertiary alicyclic amines) is 1. The number of rotatable bonds is 5. The van der Waals surface area contributed by atoms with Crippen LogP contribution in [0, 0.1) is 5.82 Å². The summed E-state index contributed by atoms with van der Waals surface area (Å²) in [6, 6.07) is 5.61. The minimum atomic E-state index is -0.523. The van der Waals surface area contributed by atoms with E-state index in [1.54, 1.807) is 22.9 Å². The molecule has 9 heteroatoms. The van der Waals surface area contributed by atoms with E-state index in [2.05, 4.69) is 20.2 Å². The second-order valence-electron chi connectivity index (χ2n) is 9.21. The lowest BCUT2D eigenvalue weighted by molar-refractivity contribution is 0.0645. The number of hydrogen-bond acceptors (Lipinski definition) is 5. The van der Waals surface area contributed by atoms with E-state index < -0.39 is 5.82 Å². The zero-order chi connectivity index (χ0) is 23.0. The fraction of sp³-hybridized carbons (Fsp3) is 0.458. The number of carbonyl (C=O) groups excluding carboxylic acids is 1. The van der Waals surface area contributed by atoms with Crippen LogP contribution in [0.5, 0.6) is 0 Å². The highest BCUT2D eigenvalue weighted by molar-refractivity contribution is 6.37. The Bertz CT molecular complexity index is 1160. The Kier molecular flexibility index (Phi) is 6.07. The Morgan fingerprint density at radius 1 is 1.24 bits per heavy atom. The van der Waals surface area contributed by atoms with Gasteiger partial charge >= 0.3 is 0 Å². The normalized spacial score (nSPS) is 20.9. The van der Waals surface area contributed by atoms with Crippen molar-refractivity contribution in [3.05, 3.63) is 53.2 Å². The van der Waals surface area contributed by atoms with Crippen LogP contribution in [0.4, 0.5) is 4.39 Å². The van der Waals surface area contributed by atoms with Gasteiger partial charge in [-0.05, 0) is 31.4 Å². The molecule has 5 rings (SSSR count). The fourth-order valence-electron chi connectivity index (χ4n) is 5.38. The van der Waals surface area contributed by atoms with Gasteiger partial charge in [0.25, 0.3) is 5.91 Å². The minimum absolute atomic E-state index is 0.0513. The number of fused-ring (bicyclic) bond motifs is 1. The third-order valence-corrected chi connectivity index (χ3v) is 7.42. The van der Waals surface area contributed by atoms with Crippen molar-refractivity contribution in [3.8, 4) is 5.95 Å². The Balaban J connectivity index is 1.45. The molecule has 1 amide bonds. The maximum atomic E-state index is 13.4. The molecule has 2 aliphatic rings. The molecule has 33 heavy (non-hydrogen) atoms. The topological polar surface area (TPSA) is 89.1 Å². The van der Waals surface area contributed by atoms with Gasteiger partial charge in [0.05, 0.1) is 28.5 Å². The van der Waals surface area contributed by atoms with Gasteiger partial charge in [-0.15, -0.1) is 0 Å². The summed E-state index contributed by atoms with van der Waals surface area (Å²) in [7, 11) is 0. The minimum Gasteiger partial charge on any atom is -0.350 e. The van der Waals surface area contributed by atoms with Gasteiger partial charge in [0.15, 0.2) is 5.82 Å². The van der Waals surface area contributed by atoms with Crippen LogP contribution >= 0.6 is 11.6 Å². The highest BCUT2D eigenvalue weighted by atomic mass is 35.5. The zero-order valence-corrected chi connectivity index (χ0v) is 19.2. The summed E-state index contributed by atoms with van der Waals surface area (Å²) in [6.45, 7) is 2.43. The van der Waals surface area contributed by atoms with E-state index >= 15 is 0 Å². The van der Waals surface area contributed by atoms with Crippen LogP contribution in [0.15, 0.2) is 36.8 Å². The van der Waals surface area contributed by atoms with Crippen LogP contribution in [-0.2, 0) is 0 Å². The van der Waals surface area contributed by atoms with Crippen LogP contribution in [0.25, 0.3) is 16.9 Å². The molecule has 0 radical (unpaired) electrons. The first-order valence-corrected chi connectivity index (χ1v) is 11.9. The molecule has 1 saturated carbocycles. The Hall–Kier alpha value is -2.55.